The summed E-state index contributed by atoms with van der Waals surface area (Å²) in [7, 11) is -1.76. The summed E-state index contributed by atoms with van der Waals surface area (Å²) < 4.78 is 42.0. The van der Waals surface area contributed by atoms with Crippen LogP contribution in [0.2, 0.25) is 5.02 Å². The van der Waals surface area contributed by atoms with Gasteiger partial charge in [-0.2, -0.15) is 0 Å². The number of nitrogens with one attached hydrogen (secondary N) is 1. The molecule has 8 heteroatoms. The molecule has 0 saturated carbocycles. The average Bonchev–Trinajstić information content (AvgIpc) is 2.91. The molecule has 0 saturated heterocycles. The summed E-state index contributed by atoms with van der Waals surface area (Å²) >= 11 is 6.21. The average molecular weight is 487 g/mol. The fraction of sp³-hybridized carbons (Fsp3) is 0.280. The molecule has 0 unspecified atom stereocenters. The van der Waals surface area contributed by atoms with Crippen LogP contribution in [0.3, 0.4) is 0 Å². The maximum Gasteiger partial charge on any atom is 0.261 e. The summed E-state index contributed by atoms with van der Waals surface area (Å²) in [5.74, 6) is -0.453. The van der Waals surface area contributed by atoms with Gasteiger partial charge in [0.2, 0.25) is 0 Å². The van der Waals surface area contributed by atoms with Gasteiger partial charge in [-0.15, -0.1) is 0 Å². The van der Waals surface area contributed by atoms with Crippen molar-refractivity contribution in [2.75, 3.05) is 18.3 Å². The molecule has 2 aliphatic rings. The van der Waals surface area contributed by atoms with Crippen molar-refractivity contribution in [3.05, 3.63) is 87.7 Å². The van der Waals surface area contributed by atoms with Crippen LogP contribution in [-0.2, 0) is 22.9 Å². The molecular formula is C25H24ClFN2O3S. The Kier molecular flexibility index (Phi) is 5.59. The van der Waals surface area contributed by atoms with Crippen LogP contribution < -0.4 is 4.72 Å². The van der Waals surface area contributed by atoms with Crippen molar-refractivity contribution in [3.63, 3.8) is 0 Å². The number of hydrogen-bond donors (Lipinski definition) is 2. The van der Waals surface area contributed by atoms with Crippen molar-refractivity contribution >= 4 is 27.3 Å². The van der Waals surface area contributed by atoms with Gasteiger partial charge < -0.3 is 10.0 Å². The number of phenolic OH excluding ortho intramolecular Hbond substituents is 1. The van der Waals surface area contributed by atoms with Crippen molar-refractivity contribution in [3.8, 4) is 5.75 Å². The lowest BCUT2D eigenvalue weighted by molar-refractivity contribution is 0.214. The highest BCUT2D eigenvalue weighted by molar-refractivity contribution is 7.92. The van der Waals surface area contributed by atoms with Crippen LogP contribution in [0.1, 0.15) is 34.6 Å². The van der Waals surface area contributed by atoms with Gasteiger partial charge in [-0.1, -0.05) is 23.7 Å². The summed E-state index contributed by atoms with van der Waals surface area (Å²) in [5, 5.41) is 10.7. The summed E-state index contributed by atoms with van der Waals surface area (Å²) in [4.78, 5) is 2.35. The number of benzene rings is 3. The van der Waals surface area contributed by atoms with Gasteiger partial charge in [0.1, 0.15) is 11.6 Å². The number of sulfonamides is 1. The van der Waals surface area contributed by atoms with E-state index >= 15 is 0 Å². The Hall–Kier alpha value is -2.61. The number of likely N-dealkylation sites (N-methyl/N-ethyl adjacent to an activating group) is 1. The first-order chi connectivity index (χ1) is 15.7. The molecule has 5 rings (SSSR count). The lowest BCUT2D eigenvalue weighted by Crippen LogP contribution is -2.39. The number of anilines is 1. The standard InChI is InChI=1S/C25H24ClFN2O3S/c1-29-12-11-15-13-21(26)24(30)14-20(15)25-19-3-2-4-22(18(19)9-10-23(25)29)28-33(31,32)17-7-5-16(27)6-8-17/h2-8,13-14,23,25,28,30H,9-12H2,1H3/t23-,25+/m0/s1. The molecule has 1 heterocycles. The summed E-state index contributed by atoms with van der Waals surface area (Å²) in [6.07, 6.45) is 2.40. The topological polar surface area (TPSA) is 69.6 Å². The Balaban J connectivity index is 1.60. The molecule has 1 aliphatic carbocycles. The van der Waals surface area contributed by atoms with E-state index in [1.54, 1.807) is 12.1 Å². The third kappa shape index (κ3) is 3.98. The first-order valence-corrected chi connectivity index (χ1v) is 12.7. The van der Waals surface area contributed by atoms with Gasteiger partial charge in [0.25, 0.3) is 10.0 Å². The van der Waals surface area contributed by atoms with Gasteiger partial charge >= 0.3 is 0 Å². The second-order valence-corrected chi connectivity index (χ2v) is 10.8. The molecule has 0 spiro atoms. The third-order valence-corrected chi connectivity index (χ3v) is 8.52. The fourth-order valence-electron chi connectivity index (χ4n) is 5.19. The normalized spacial score (nSPS) is 20.3. The lowest BCUT2D eigenvalue weighted by Gasteiger charge is -2.39. The molecule has 3 aromatic rings. The fourth-order valence-corrected chi connectivity index (χ4v) is 6.47. The molecule has 0 amide bonds. The molecule has 33 heavy (non-hydrogen) atoms. The molecule has 2 N–H and O–H groups in total. The number of fused-ring (bicyclic) bond motifs is 5. The molecule has 2 atom stereocenters. The minimum absolute atomic E-state index is 0.00861. The number of halogens is 2. The second-order valence-electron chi connectivity index (χ2n) is 8.75. The number of hydrogen-bond acceptors (Lipinski definition) is 4. The van der Waals surface area contributed by atoms with E-state index in [0.717, 1.165) is 60.2 Å². The van der Waals surface area contributed by atoms with E-state index in [1.165, 1.54) is 12.1 Å². The number of nitrogens with zero attached hydrogens (tertiary/aromatic N) is 1. The van der Waals surface area contributed by atoms with E-state index in [4.69, 9.17) is 11.6 Å². The lowest BCUT2D eigenvalue weighted by atomic mass is 9.74. The smallest absolute Gasteiger partial charge is 0.261 e. The zero-order valence-electron chi connectivity index (χ0n) is 18.1. The first kappa shape index (κ1) is 22.2. The molecular weight excluding hydrogens is 463 g/mol. The van der Waals surface area contributed by atoms with Gasteiger partial charge in [-0.05, 0) is 91.0 Å². The number of rotatable bonds is 3. The van der Waals surface area contributed by atoms with Crippen molar-refractivity contribution < 1.29 is 17.9 Å². The van der Waals surface area contributed by atoms with E-state index in [0.29, 0.717) is 10.7 Å². The third-order valence-electron chi connectivity index (χ3n) is 6.83. The van der Waals surface area contributed by atoms with E-state index in [1.807, 2.05) is 18.2 Å². The van der Waals surface area contributed by atoms with Crippen LogP contribution in [-0.4, -0.2) is 38.1 Å². The van der Waals surface area contributed by atoms with Crippen LogP contribution in [0.15, 0.2) is 59.5 Å². The highest BCUT2D eigenvalue weighted by Gasteiger charge is 2.38. The van der Waals surface area contributed by atoms with Crippen molar-refractivity contribution in [2.45, 2.75) is 36.1 Å². The maximum atomic E-state index is 13.3. The van der Waals surface area contributed by atoms with E-state index in [-0.39, 0.29) is 22.6 Å². The molecule has 5 nitrogen and oxygen atoms in total. The molecule has 172 valence electrons. The van der Waals surface area contributed by atoms with E-state index in [2.05, 4.69) is 16.7 Å². The Labute approximate surface area is 197 Å². The highest BCUT2D eigenvalue weighted by Crippen LogP contribution is 2.46. The predicted octanol–water partition coefficient (Wildman–Crippen LogP) is 4.92. The minimum atomic E-state index is -3.87. The quantitative estimate of drug-likeness (QED) is 0.551. The molecule has 0 aromatic heterocycles. The molecule has 0 fully saturated rings. The summed E-state index contributed by atoms with van der Waals surface area (Å²) in [6, 6.07) is 14.3. The van der Waals surface area contributed by atoms with Crippen LogP contribution in [0.5, 0.6) is 5.75 Å². The SMILES string of the molecule is CN1CCc2cc(Cl)c(O)cc2[C@H]2c3cccc(NS(=O)(=O)c4ccc(F)cc4)c3CC[C@@H]21. The zero-order chi connectivity index (χ0) is 23.3. The summed E-state index contributed by atoms with van der Waals surface area (Å²) in [6.45, 7) is 0.876. The van der Waals surface area contributed by atoms with Crippen molar-refractivity contribution in [2.24, 2.45) is 0 Å². The minimum Gasteiger partial charge on any atom is -0.506 e. The van der Waals surface area contributed by atoms with Crippen LogP contribution in [0, 0.1) is 5.82 Å². The van der Waals surface area contributed by atoms with Gasteiger partial charge in [0.05, 0.1) is 15.6 Å². The number of phenols is 1. The van der Waals surface area contributed by atoms with Crippen LogP contribution in [0.4, 0.5) is 10.1 Å². The van der Waals surface area contributed by atoms with Gasteiger partial charge in [-0.3, -0.25) is 4.72 Å². The summed E-state index contributed by atoms with van der Waals surface area (Å²) in [5.41, 5.74) is 4.65. The zero-order valence-corrected chi connectivity index (χ0v) is 19.6. The second kappa shape index (κ2) is 8.31. The van der Waals surface area contributed by atoms with Crippen LogP contribution in [0.25, 0.3) is 0 Å². The van der Waals surface area contributed by atoms with Crippen molar-refractivity contribution in [1.29, 1.82) is 0 Å². The molecule has 1 aliphatic heterocycles. The van der Waals surface area contributed by atoms with Gasteiger partial charge in [0.15, 0.2) is 0 Å². The predicted molar refractivity (Wildman–Crippen MR) is 127 cm³/mol. The van der Waals surface area contributed by atoms with Crippen LogP contribution >= 0.6 is 11.6 Å². The first-order valence-electron chi connectivity index (χ1n) is 10.9. The van der Waals surface area contributed by atoms with E-state index < -0.39 is 15.8 Å². The Morgan fingerprint density at radius 3 is 2.61 bits per heavy atom. The number of aromatic hydroxyl groups is 1. The Morgan fingerprint density at radius 1 is 1.09 bits per heavy atom. The van der Waals surface area contributed by atoms with Crippen molar-refractivity contribution in [1.82, 2.24) is 4.90 Å². The Morgan fingerprint density at radius 2 is 1.85 bits per heavy atom. The van der Waals surface area contributed by atoms with Gasteiger partial charge in [0, 0.05) is 18.5 Å². The molecule has 0 radical (unpaired) electrons. The Bertz CT molecular complexity index is 1330. The molecule has 3 aromatic carbocycles. The largest absolute Gasteiger partial charge is 0.506 e. The van der Waals surface area contributed by atoms with Gasteiger partial charge in [-0.25, -0.2) is 12.8 Å². The molecule has 0 bridgehead atoms. The highest BCUT2D eigenvalue weighted by atomic mass is 35.5. The monoisotopic (exact) mass is 486 g/mol. The maximum absolute atomic E-state index is 13.3. The van der Waals surface area contributed by atoms with E-state index in [9.17, 15) is 17.9 Å².